The number of halogens is 1. The van der Waals surface area contributed by atoms with Crippen molar-refractivity contribution >= 4 is 55.4 Å². The lowest BCUT2D eigenvalue weighted by atomic mass is 10.2. The number of amides is 1. The van der Waals surface area contributed by atoms with Crippen molar-refractivity contribution in [1.29, 1.82) is 0 Å². The predicted molar refractivity (Wildman–Crippen MR) is 93.3 cm³/mol. The van der Waals surface area contributed by atoms with Crippen LogP contribution in [0.15, 0.2) is 24.3 Å². The van der Waals surface area contributed by atoms with Crippen molar-refractivity contribution in [2.45, 2.75) is 26.2 Å². The molecule has 0 saturated heterocycles. The minimum absolute atomic E-state index is 0.232. The highest BCUT2D eigenvalue weighted by Crippen LogP contribution is 2.35. The summed E-state index contributed by atoms with van der Waals surface area (Å²) >= 11 is 9.11. The Bertz CT molecular complexity index is 812. The number of carbonyl (C=O) groups is 1. The highest BCUT2D eigenvalue weighted by Gasteiger charge is 2.18. The maximum atomic E-state index is 12.4. The summed E-state index contributed by atoms with van der Waals surface area (Å²) in [6.45, 7) is 2.13. The number of hydrogen-bond acceptors (Lipinski definition) is 5. The molecule has 0 fully saturated rings. The van der Waals surface area contributed by atoms with Gasteiger partial charge in [-0.3, -0.25) is 10.1 Å². The summed E-state index contributed by atoms with van der Waals surface area (Å²) in [6, 6.07) is 7.71. The Hall–Kier alpha value is -1.50. The molecule has 3 aromatic rings. The van der Waals surface area contributed by atoms with E-state index in [-0.39, 0.29) is 5.91 Å². The summed E-state index contributed by atoms with van der Waals surface area (Å²) < 4.78 is 0.999. The zero-order chi connectivity index (χ0) is 15.5. The predicted octanol–water partition coefficient (Wildman–Crippen LogP) is 5.00. The summed E-state index contributed by atoms with van der Waals surface area (Å²) in [5, 5.41) is 13.8. The van der Waals surface area contributed by atoms with Gasteiger partial charge in [0.05, 0.1) is 5.02 Å². The molecule has 4 nitrogen and oxygen atoms in total. The molecule has 0 unspecified atom stereocenters. The summed E-state index contributed by atoms with van der Waals surface area (Å²) in [5.41, 5.74) is 0. The van der Waals surface area contributed by atoms with Gasteiger partial charge >= 0.3 is 0 Å². The molecule has 0 radical (unpaired) electrons. The van der Waals surface area contributed by atoms with E-state index in [9.17, 15) is 4.79 Å². The largest absolute Gasteiger partial charge is 0.296 e. The molecule has 0 spiro atoms. The second-order valence-corrected chi connectivity index (χ2v) is 7.29. The van der Waals surface area contributed by atoms with Crippen LogP contribution in [0.4, 0.5) is 5.13 Å². The number of aromatic nitrogens is 2. The number of aryl methyl sites for hydroxylation is 1. The number of fused-ring (bicyclic) bond motifs is 1. The van der Waals surface area contributed by atoms with E-state index in [0.29, 0.717) is 15.0 Å². The number of nitrogens with zero attached hydrogens (tertiary/aromatic N) is 2. The maximum absolute atomic E-state index is 12.4. The molecule has 0 aliphatic heterocycles. The van der Waals surface area contributed by atoms with Crippen LogP contribution in [0.2, 0.25) is 5.02 Å². The molecule has 0 atom stereocenters. The molecule has 2 heterocycles. The minimum atomic E-state index is -0.232. The van der Waals surface area contributed by atoms with Crippen molar-refractivity contribution in [3.63, 3.8) is 0 Å². The van der Waals surface area contributed by atoms with Gasteiger partial charge in [0, 0.05) is 16.5 Å². The SMILES string of the molecule is CCCCc1nnc(NC(=O)c2sc3ccccc3c2Cl)s1. The summed E-state index contributed by atoms with van der Waals surface area (Å²) in [5.74, 6) is -0.232. The normalized spacial score (nSPS) is 11.0. The number of thiophene rings is 1. The van der Waals surface area contributed by atoms with Crippen molar-refractivity contribution in [2.75, 3.05) is 5.32 Å². The molecular formula is C15H14ClN3OS2. The topological polar surface area (TPSA) is 54.9 Å². The molecule has 22 heavy (non-hydrogen) atoms. The maximum Gasteiger partial charge on any atom is 0.269 e. The van der Waals surface area contributed by atoms with Crippen molar-refractivity contribution < 1.29 is 4.79 Å². The zero-order valence-corrected chi connectivity index (χ0v) is 14.3. The molecule has 0 aliphatic rings. The van der Waals surface area contributed by atoms with Gasteiger partial charge in [-0.05, 0) is 12.5 Å². The fourth-order valence-corrected chi connectivity index (χ4v) is 4.24. The minimum Gasteiger partial charge on any atom is -0.296 e. The Kier molecular flexibility index (Phi) is 4.71. The highest BCUT2D eigenvalue weighted by molar-refractivity contribution is 7.22. The number of benzene rings is 1. The van der Waals surface area contributed by atoms with Gasteiger partial charge in [0.2, 0.25) is 5.13 Å². The first-order chi connectivity index (χ1) is 10.7. The van der Waals surface area contributed by atoms with Gasteiger partial charge in [0.15, 0.2) is 0 Å². The Balaban J connectivity index is 1.78. The van der Waals surface area contributed by atoms with E-state index in [2.05, 4.69) is 22.4 Å². The Morgan fingerprint density at radius 1 is 1.27 bits per heavy atom. The molecule has 3 rings (SSSR count). The first kappa shape index (κ1) is 15.4. The first-order valence-corrected chi connectivity index (χ1v) is 9.01. The van der Waals surface area contributed by atoms with Crippen LogP contribution in [-0.4, -0.2) is 16.1 Å². The van der Waals surface area contributed by atoms with Gasteiger partial charge < -0.3 is 0 Å². The number of carbonyl (C=O) groups excluding carboxylic acids is 1. The van der Waals surface area contributed by atoms with Gasteiger partial charge in [-0.25, -0.2) is 0 Å². The third-order valence-corrected chi connectivity index (χ3v) is 5.75. The lowest BCUT2D eigenvalue weighted by molar-refractivity contribution is 0.103. The fraction of sp³-hybridized carbons (Fsp3) is 0.267. The third-order valence-electron chi connectivity index (χ3n) is 3.17. The molecule has 114 valence electrons. The van der Waals surface area contributed by atoms with E-state index in [0.717, 1.165) is 34.4 Å². The number of hydrogen-bond donors (Lipinski definition) is 1. The average Bonchev–Trinajstić information content (AvgIpc) is 3.10. The van der Waals surface area contributed by atoms with Crippen LogP contribution >= 0.6 is 34.3 Å². The van der Waals surface area contributed by atoms with Gasteiger partial charge in [0.25, 0.3) is 5.91 Å². The smallest absolute Gasteiger partial charge is 0.269 e. The van der Waals surface area contributed by atoms with Crippen LogP contribution in [0.1, 0.15) is 34.4 Å². The average molecular weight is 352 g/mol. The second kappa shape index (κ2) is 6.73. The van der Waals surface area contributed by atoms with Crippen LogP contribution in [0.25, 0.3) is 10.1 Å². The van der Waals surface area contributed by atoms with Crippen molar-refractivity contribution in [1.82, 2.24) is 10.2 Å². The van der Waals surface area contributed by atoms with Crippen molar-refractivity contribution in [2.24, 2.45) is 0 Å². The summed E-state index contributed by atoms with van der Waals surface area (Å²) in [4.78, 5) is 12.9. The van der Waals surface area contributed by atoms with Crippen LogP contribution in [-0.2, 0) is 6.42 Å². The highest BCUT2D eigenvalue weighted by atomic mass is 35.5. The lowest BCUT2D eigenvalue weighted by Crippen LogP contribution is -2.10. The number of rotatable bonds is 5. The van der Waals surface area contributed by atoms with Gasteiger partial charge in [-0.2, -0.15) is 0 Å². The van der Waals surface area contributed by atoms with Gasteiger partial charge in [-0.1, -0.05) is 54.5 Å². The Morgan fingerprint density at radius 2 is 2.09 bits per heavy atom. The van der Waals surface area contributed by atoms with Crippen molar-refractivity contribution in [3.05, 3.63) is 39.2 Å². The molecule has 1 amide bonds. The van der Waals surface area contributed by atoms with Gasteiger partial charge in [-0.15, -0.1) is 21.5 Å². The molecule has 1 aromatic carbocycles. The van der Waals surface area contributed by atoms with Crippen LogP contribution in [0, 0.1) is 0 Å². The third kappa shape index (κ3) is 3.14. The summed E-state index contributed by atoms with van der Waals surface area (Å²) in [6.07, 6.45) is 3.08. The monoisotopic (exact) mass is 351 g/mol. The number of nitrogens with one attached hydrogen (secondary N) is 1. The first-order valence-electron chi connectivity index (χ1n) is 6.99. The van der Waals surface area contributed by atoms with Crippen LogP contribution in [0.5, 0.6) is 0 Å². The van der Waals surface area contributed by atoms with E-state index in [4.69, 9.17) is 11.6 Å². The van der Waals surface area contributed by atoms with E-state index in [1.165, 1.54) is 22.7 Å². The van der Waals surface area contributed by atoms with E-state index < -0.39 is 0 Å². The molecular weight excluding hydrogens is 338 g/mol. The molecule has 1 N–H and O–H groups in total. The summed E-state index contributed by atoms with van der Waals surface area (Å²) in [7, 11) is 0. The van der Waals surface area contributed by atoms with Crippen molar-refractivity contribution in [3.8, 4) is 0 Å². The van der Waals surface area contributed by atoms with Gasteiger partial charge in [0.1, 0.15) is 9.88 Å². The molecule has 0 saturated carbocycles. The fourth-order valence-electron chi connectivity index (χ4n) is 2.05. The van der Waals surface area contributed by atoms with E-state index in [1.807, 2.05) is 24.3 Å². The van der Waals surface area contributed by atoms with Crippen LogP contribution < -0.4 is 5.32 Å². The molecule has 2 aromatic heterocycles. The van der Waals surface area contributed by atoms with E-state index in [1.54, 1.807) is 0 Å². The lowest BCUT2D eigenvalue weighted by Gasteiger charge is -1.98. The molecule has 0 aliphatic carbocycles. The van der Waals surface area contributed by atoms with E-state index >= 15 is 0 Å². The molecule has 7 heteroatoms. The second-order valence-electron chi connectivity index (χ2n) is 4.80. The standard InChI is InChI=1S/C15H14ClN3OS2/c1-2-3-8-11-18-19-15(22-11)17-14(20)13-12(16)9-6-4-5-7-10(9)21-13/h4-7H,2-3,8H2,1H3,(H,17,19,20). The Labute approximate surface area is 141 Å². The number of anilines is 1. The number of unbranched alkanes of at least 4 members (excludes halogenated alkanes) is 1. The zero-order valence-electron chi connectivity index (χ0n) is 11.9. The Morgan fingerprint density at radius 3 is 2.86 bits per heavy atom. The molecule has 0 bridgehead atoms. The quantitative estimate of drug-likeness (QED) is 0.703. The van der Waals surface area contributed by atoms with Crippen LogP contribution in [0.3, 0.4) is 0 Å².